The van der Waals surface area contributed by atoms with Gasteiger partial charge in [0.25, 0.3) is 0 Å². The maximum Gasteiger partial charge on any atom is 0.221 e. The van der Waals surface area contributed by atoms with Crippen LogP contribution in [0, 0.1) is 5.82 Å². The van der Waals surface area contributed by atoms with E-state index < -0.39 is 0 Å². The van der Waals surface area contributed by atoms with E-state index in [0.717, 1.165) is 10.9 Å². The van der Waals surface area contributed by atoms with E-state index in [1.54, 1.807) is 18.3 Å². The minimum absolute atomic E-state index is 0.139. The molecule has 7 heteroatoms. The average molecular weight is 422 g/mol. The second-order valence-electron chi connectivity index (χ2n) is 7.17. The monoisotopic (exact) mass is 422 g/mol. The van der Waals surface area contributed by atoms with Gasteiger partial charge < -0.3 is 18.9 Å². The highest BCUT2D eigenvalue weighted by Crippen LogP contribution is 2.31. The average Bonchev–Trinajstić information content (AvgIpc) is 3.41. The summed E-state index contributed by atoms with van der Waals surface area (Å²) in [5.41, 5.74) is 1.41. The van der Waals surface area contributed by atoms with Crippen LogP contribution < -0.4 is 10.1 Å². The summed E-state index contributed by atoms with van der Waals surface area (Å²) in [6.45, 7) is 4.33. The molecular formula is C24H23FN2O4. The van der Waals surface area contributed by atoms with Crippen LogP contribution in [0.4, 0.5) is 4.39 Å². The molecule has 0 saturated carbocycles. The van der Waals surface area contributed by atoms with Gasteiger partial charge in [-0.1, -0.05) is 12.1 Å². The van der Waals surface area contributed by atoms with Crippen molar-refractivity contribution in [2.75, 3.05) is 6.61 Å². The molecule has 0 fully saturated rings. The molecule has 1 atom stereocenters. The van der Waals surface area contributed by atoms with E-state index in [2.05, 4.69) is 10.3 Å². The number of carbonyl (C=O) groups is 1. The molecule has 2 aromatic heterocycles. The quantitative estimate of drug-likeness (QED) is 0.409. The minimum Gasteiger partial charge on any atom is -0.490 e. The van der Waals surface area contributed by atoms with Crippen LogP contribution in [-0.2, 0) is 11.2 Å². The number of oxazole rings is 1. The van der Waals surface area contributed by atoms with E-state index >= 15 is 0 Å². The van der Waals surface area contributed by atoms with Crippen molar-refractivity contribution in [3.05, 3.63) is 72.2 Å². The van der Waals surface area contributed by atoms with Crippen LogP contribution >= 0.6 is 0 Å². The number of hydrogen-bond donors (Lipinski definition) is 1. The number of amides is 1. The third-order valence-corrected chi connectivity index (χ3v) is 4.88. The Balaban J connectivity index is 1.35. The number of nitrogens with zero attached hydrogens (tertiary/aromatic N) is 1. The molecule has 0 saturated heterocycles. The number of fused-ring (bicyclic) bond motifs is 1. The summed E-state index contributed by atoms with van der Waals surface area (Å²) in [5.74, 6) is 1.88. The van der Waals surface area contributed by atoms with Crippen molar-refractivity contribution in [1.29, 1.82) is 0 Å². The maximum atomic E-state index is 13.1. The van der Waals surface area contributed by atoms with Gasteiger partial charge in [-0.3, -0.25) is 4.79 Å². The van der Waals surface area contributed by atoms with E-state index in [1.807, 2.05) is 38.1 Å². The summed E-state index contributed by atoms with van der Waals surface area (Å²) >= 11 is 0. The lowest BCUT2D eigenvalue weighted by Crippen LogP contribution is -2.26. The summed E-state index contributed by atoms with van der Waals surface area (Å²) in [6, 6.07) is 13.3. The number of carbonyl (C=O) groups excluding carboxylic acids is 1. The van der Waals surface area contributed by atoms with Gasteiger partial charge in [-0.15, -0.1) is 0 Å². The lowest BCUT2D eigenvalue weighted by atomic mass is 10.2. The zero-order valence-electron chi connectivity index (χ0n) is 17.4. The van der Waals surface area contributed by atoms with E-state index in [0.29, 0.717) is 41.8 Å². The molecule has 6 nitrogen and oxygen atoms in total. The van der Waals surface area contributed by atoms with Gasteiger partial charge in [0, 0.05) is 23.8 Å². The fourth-order valence-electron chi connectivity index (χ4n) is 3.32. The molecule has 2 aromatic carbocycles. The number of ether oxygens (including phenoxy) is 1. The van der Waals surface area contributed by atoms with Crippen molar-refractivity contribution in [1.82, 2.24) is 10.3 Å². The number of aromatic nitrogens is 1. The number of benzene rings is 2. The third kappa shape index (κ3) is 4.77. The Morgan fingerprint density at radius 2 is 2.00 bits per heavy atom. The van der Waals surface area contributed by atoms with Crippen LogP contribution in [0.2, 0.25) is 0 Å². The molecule has 1 N–H and O–H groups in total. The first-order valence-electron chi connectivity index (χ1n) is 10.2. The third-order valence-electron chi connectivity index (χ3n) is 4.88. The van der Waals surface area contributed by atoms with Gasteiger partial charge in [-0.05, 0) is 50.2 Å². The number of para-hydroxylation sites is 1. The predicted octanol–water partition coefficient (Wildman–Crippen LogP) is 5.44. The molecule has 0 spiro atoms. The topological polar surface area (TPSA) is 77.5 Å². The van der Waals surface area contributed by atoms with Crippen LogP contribution in [0.1, 0.15) is 38.0 Å². The summed E-state index contributed by atoms with van der Waals surface area (Å²) < 4.78 is 30.3. The Hall–Kier alpha value is -3.61. The van der Waals surface area contributed by atoms with Gasteiger partial charge in [0.2, 0.25) is 5.91 Å². The summed E-state index contributed by atoms with van der Waals surface area (Å²) in [6.07, 6.45) is 2.15. The van der Waals surface area contributed by atoms with E-state index in [-0.39, 0.29) is 24.2 Å². The molecule has 0 radical (unpaired) electrons. The molecule has 0 aliphatic carbocycles. The fraction of sp³-hybridized carbons (Fsp3) is 0.250. The van der Waals surface area contributed by atoms with Crippen molar-refractivity contribution in [2.45, 2.75) is 32.7 Å². The highest BCUT2D eigenvalue weighted by molar-refractivity contribution is 5.84. The Labute approximate surface area is 179 Å². The van der Waals surface area contributed by atoms with Gasteiger partial charge in [0.05, 0.1) is 18.8 Å². The highest BCUT2D eigenvalue weighted by Gasteiger charge is 2.17. The van der Waals surface area contributed by atoms with E-state index in [9.17, 15) is 9.18 Å². The van der Waals surface area contributed by atoms with Crippen molar-refractivity contribution in [3.8, 4) is 17.1 Å². The first-order chi connectivity index (χ1) is 15.0. The molecule has 31 heavy (non-hydrogen) atoms. The smallest absolute Gasteiger partial charge is 0.221 e. The standard InChI is InChI=1S/C24H23FN2O4/c1-3-29-19-6-4-5-17-13-20(31-24(17)19)15(2)27-22(28)11-12-23-26-14-21(30-23)16-7-9-18(25)10-8-16/h4-10,13-15H,3,11-12H2,1-2H3,(H,27,28). The molecule has 0 bridgehead atoms. The van der Waals surface area contributed by atoms with Gasteiger partial charge in [0.1, 0.15) is 11.6 Å². The predicted molar refractivity (Wildman–Crippen MR) is 114 cm³/mol. The van der Waals surface area contributed by atoms with Gasteiger partial charge in [-0.2, -0.15) is 0 Å². The maximum absolute atomic E-state index is 13.1. The van der Waals surface area contributed by atoms with Crippen molar-refractivity contribution < 1.29 is 22.8 Å². The Morgan fingerprint density at radius 1 is 1.19 bits per heavy atom. The lowest BCUT2D eigenvalue weighted by Gasteiger charge is -2.11. The molecule has 1 unspecified atom stereocenters. The van der Waals surface area contributed by atoms with E-state index in [1.165, 1.54) is 12.1 Å². The Morgan fingerprint density at radius 3 is 2.77 bits per heavy atom. The molecule has 2 heterocycles. The molecule has 4 aromatic rings. The summed E-state index contributed by atoms with van der Waals surface area (Å²) in [4.78, 5) is 16.6. The second kappa shape index (κ2) is 9.04. The minimum atomic E-state index is -0.312. The van der Waals surface area contributed by atoms with Crippen LogP contribution in [0.5, 0.6) is 5.75 Å². The zero-order chi connectivity index (χ0) is 21.8. The van der Waals surface area contributed by atoms with Crippen molar-refractivity contribution in [2.24, 2.45) is 0 Å². The molecule has 0 aliphatic rings. The molecule has 1 amide bonds. The normalized spacial score (nSPS) is 12.1. The van der Waals surface area contributed by atoms with Crippen LogP contribution in [0.3, 0.4) is 0 Å². The van der Waals surface area contributed by atoms with E-state index in [4.69, 9.17) is 13.6 Å². The fourth-order valence-corrected chi connectivity index (χ4v) is 3.32. The lowest BCUT2D eigenvalue weighted by molar-refractivity contribution is -0.121. The number of halogens is 1. The SMILES string of the molecule is CCOc1cccc2cc(C(C)NC(=O)CCc3ncc(-c4ccc(F)cc4)o3)oc12. The summed E-state index contributed by atoms with van der Waals surface area (Å²) in [7, 11) is 0. The van der Waals surface area contributed by atoms with Gasteiger partial charge >= 0.3 is 0 Å². The highest BCUT2D eigenvalue weighted by atomic mass is 19.1. The largest absolute Gasteiger partial charge is 0.490 e. The number of furan rings is 1. The summed E-state index contributed by atoms with van der Waals surface area (Å²) in [5, 5.41) is 3.87. The molecular weight excluding hydrogens is 399 g/mol. The number of nitrogens with one attached hydrogen (secondary N) is 1. The number of aryl methyl sites for hydroxylation is 1. The van der Waals surface area contributed by atoms with Crippen LogP contribution in [0.25, 0.3) is 22.3 Å². The van der Waals surface area contributed by atoms with Crippen molar-refractivity contribution in [3.63, 3.8) is 0 Å². The Kier molecular flexibility index (Phi) is 6.02. The molecule has 0 aliphatic heterocycles. The Bertz CT molecular complexity index is 1180. The second-order valence-corrected chi connectivity index (χ2v) is 7.17. The molecule has 4 rings (SSSR count). The van der Waals surface area contributed by atoms with Gasteiger partial charge in [-0.25, -0.2) is 9.37 Å². The van der Waals surface area contributed by atoms with Crippen LogP contribution in [0.15, 0.2) is 63.6 Å². The number of rotatable bonds is 8. The van der Waals surface area contributed by atoms with Crippen molar-refractivity contribution >= 4 is 16.9 Å². The van der Waals surface area contributed by atoms with Crippen LogP contribution in [-0.4, -0.2) is 17.5 Å². The first kappa shape index (κ1) is 20.7. The molecule has 160 valence electrons. The van der Waals surface area contributed by atoms with Gasteiger partial charge in [0.15, 0.2) is 23.0 Å². The zero-order valence-corrected chi connectivity index (χ0v) is 17.4. The number of hydrogen-bond acceptors (Lipinski definition) is 5. The first-order valence-corrected chi connectivity index (χ1v) is 10.2.